The summed E-state index contributed by atoms with van der Waals surface area (Å²) in [7, 11) is 0. The van der Waals surface area contributed by atoms with Crippen LogP contribution in [0.5, 0.6) is 0 Å². The molecule has 0 spiro atoms. The monoisotopic (exact) mass is 369 g/mol. The van der Waals surface area contributed by atoms with Crippen LogP contribution in [0.15, 0.2) is 17.5 Å². The number of ether oxygens (including phenoxy) is 5. The van der Waals surface area contributed by atoms with Crippen LogP contribution in [0.25, 0.3) is 0 Å². The molecule has 0 bridgehead atoms. The molecule has 1 aromatic heterocycles. The standard InChI is InChI=1S/C17H23NO6S/c1-16(2)21-10-11(22-16)13-15(24-17(3,4)23-13)20-12(10)14(19)18-8-9-6-5-7-25-9/h5-7,10-13,15H,8H2,1-4H3,(H,18,19)/t10-,11+,12+,13+,15-/m1/s1. The lowest BCUT2D eigenvalue weighted by molar-refractivity contribution is -0.231. The van der Waals surface area contributed by atoms with Crippen molar-refractivity contribution in [1.29, 1.82) is 0 Å². The van der Waals surface area contributed by atoms with E-state index in [-0.39, 0.29) is 5.91 Å². The Morgan fingerprint density at radius 3 is 2.48 bits per heavy atom. The molecular weight excluding hydrogens is 346 g/mol. The highest BCUT2D eigenvalue weighted by Gasteiger charge is 2.62. The molecule has 0 aliphatic carbocycles. The molecule has 4 rings (SSSR count). The number of rotatable bonds is 3. The van der Waals surface area contributed by atoms with Crippen molar-refractivity contribution in [3.63, 3.8) is 0 Å². The molecule has 7 nitrogen and oxygen atoms in total. The Labute approximate surface area is 150 Å². The summed E-state index contributed by atoms with van der Waals surface area (Å²) in [6.07, 6.45) is -2.87. The van der Waals surface area contributed by atoms with E-state index in [2.05, 4.69) is 5.32 Å². The number of thiophene rings is 1. The topological polar surface area (TPSA) is 75.3 Å². The van der Waals surface area contributed by atoms with E-state index in [1.165, 1.54) is 0 Å². The number of amides is 1. The highest BCUT2D eigenvalue weighted by Crippen LogP contribution is 2.44. The minimum absolute atomic E-state index is 0.239. The Bertz CT molecular complexity index is 646. The third-order valence-electron chi connectivity index (χ3n) is 4.43. The Morgan fingerprint density at radius 1 is 1.08 bits per heavy atom. The average Bonchev–Trinajstić information content (AvgIpc) is 3.19. The summed E-state index contributed by atoms with van der Waals surface area (Å²) in [4.78, 5) is 13.8. The van der Waals surface area contributed by atoms with Crippen molar-refractivity contribution in [1.82, 2.24) is 5.32 Å². The number of carbonyl (C=O) groups excluding carboxylic acids is 1. The van der Waals surface area contributed by atoms with E-state index in [1.54, 1.807) is 11.3 Å². The van der Waals surface area contributed by atoms with Crippen LogP contribution in [0, 0.1) is 0 Å². The van der Waals surface area contributed by atoms with Gasteiger partial charge in [-0.15, -0.1) is 11.3 Å². The van der Waals surface area contributed by atoms with Crippen LogP contribution in [0.3, 0.4) is 0 Å². The summed E-state index contributed by atoms with van der Waals surface area (Å²) in [6, 6.07) is 3.92. The number of nitrogens with one attached hydrogen (secondary N) is 1. The maximum Gasteiger partial charge on any atom is 0.252 e. The molecule has 0 saturated carbocycles. The predicted molar refractivity (Wildman–Crippen MR) is 88.7 cm³/mol. The van der Waals surface area contributed by atoms with Crippen LogP contribution in [0.1, 0.15) is 32.6 Å². The van der Waals surface area contributed by atoms with Crippen LogP contribution >= 0.6 is 11.3 Å². The average molecular weight is 369 g/mol. The lowest BCUT2D eigenvalue weighted by Crippen LogP contribution is -2.59. The Hall–Kier alpha value is -1.03. The Morgan fingerprint density at radius 2 is 1.76 bits per heavy atom. The summed E-state index contributed by atoms with van der Waals surface area (Å²) in [6.45, 7) is 7.73. The SMILES string of the molecule is CC1(C)O[C@H]2O[C@H](C(=O)NCc3cccs3)[C@@H]3OC(C)(C)O[C@@H]3[C@@H]2O1. The number of hydrogen-bond donors (Lipinski definition) is 1. The van der Waals surface area contributed by atoms with E-state index in [1.807, 2.05) is 45.2 Å². The fourth-order valence-corrected chi connectivity index (χ4v) is 4.16. The van der Waals surface area contributed by atoms with Gasteiger partial charge in [-0.3, -0.25) is 4.79 Å². The molecule has 3 aliphatic rings. The van der Waals surface area contributed by atoms with E-state index < -0.39 is 42.3 Å². The number of hydrogen-bond acceptors (Lipinski definition) is 7. The molecule has 0 aromatic carbocycles. The second-order valence-corrected chi connectivity index (χ2v) is 8.42. The van der Waals surface area contributed by atoms with Gasteiger partial charge in [0.2, 0.25) is 0 Å². The molecule has 0 unspecified atom stereocenters. The van der Waals surface area contributed by atoms with Crippen LogP contribution in [0.4, 0.5) is 0 Å². The van der Waals surface area contributed by atoms with Crippen molar-refractivity contribution in [2.45, 2.75) is 76.5 Å². The minimum atomic E-state index is -0.814. The van der Waals surface area contributed by atoms with Gasteiger partial charge in [0.1, 0.15) is 18.3 Å². The van der Waals surface area contributed by atoms with E-state index in [9.17, 15) is 4.79 Å². The summed E-state index contributed by atoms with van der Waals surface area (Å²) in [5.41, 5.74) is 0. The van der Waals surface area contributed by atoms with Crippen molar-refractivity contribution in [2.75, 3.05) is 0 Å². The molecule has 1 aromatic rings. The molecule has 3 fully saturated rings. The first-order chi connectivity index (χ1) is 11.7. The van der Waals surface area contributed by atoms with Crippen LogP contribution in [-0.2, 0) is 35.0 Å². The lowest BCUT2D eigenvalue weighted by atomic mass is 9.98. The smallest absolute Gasteiger partial charge is 0.252 e. The van der Waals surface area contributed by atoms with E-state index in [0.29, 0.717) is 6.54 Å². The summed E-state index contributed by atoms with van der Waals surface area (Å²) in [5, 5.41) is 4.88. The molecule has 8 heteroatoms. The molecular formula is C17H23NO6S. The van der Waals surface area contributed by atoms with Gasteiger partial charge in [0, 0.05) is 4.88 Å². The first-order valence-electron chi connectivity index (χ1n) is 8.41. The van der Waals surface area contributed by atoms with Gasteiger partial charge in [0.25, 0.3) is 5.91 Å². The molecule has 0 radical (unpaired) electrons. The Kier molecular flexibility index (Phi) is 4.18. The first kappa shape index (κ1) is 17.4. The zero-order valence-corrected chi connectivity index (χ0v) is 15.5. The third kappa shape index (κ3) is 3.34. The van der Waals surface area contributed by atoms with Crippen LogP contribution in [-0.4, -0.2) is 48.2 Å². The van der Waals surface area contributed by atoms with Crippen molar-refractivity contribution in [3.8, 4) is 0 Å². The minimum Gasteiger partial charge on any atom is -0.349 e. The molecule has 3 saturated heterocycles. The van der Waals surface area contributed by atoms with Crippen LogP contribution < -0.4 is 5.32 Å². The fourth-order valence-electron chi connectivity index (χ4n) is 3.51. The maximum atomic E-state index is 12.7. The second-order valence-electron chi connectivity index (χ2n) is 7.39. The van der Waals surface area contributed by atoms with Gasteiger partial charge in [-0.05, 0) is 39.1 Å². The highest BCUT2D eigenvalue weighted by molar-refractivity contribution is 7.09. The van der Waals surface area contributed by atoms with Gasteiger partial charge in [-0.25, -0.2) is 0 Å². The third-order valence-corrected chi connectivity index (χ3v) is 5.31. The summed E-state index contributed by atoms with van der Waals surface area (Å²) >= 11 is 1.59. The molecule has 138 valence electrons. The quantitative estimate of drug-likeness (QED) is 0.875. The number of fused-ring (bicyclic) bond motifs is 3. The maximum absolute atomic E-state index is 12.7. The van der Waals surface area contributed by atoms with Gasteiger partial charge in [0.05, 0.1) is 6.54 Å². The van der Waals surface area contributed by atoms with Gasteiger partial charge in [-0.2, -0.15) is 0 Å². The van der Waals surface area contributed by atoms with Crippen molar-refractivity contribution in [3.05, 3.63) is 22.4 Å². The zero-order valence-electron chi connectivity index (χ0n) is 14.7. The molecule has 3 aliphatic heterocycles. The fraction of sp³-hybridized carbons (Fsp3) is 0.706. The molecule has 5 atom stereocenters. The van der Waals surface area contributed by atoms with Crippen molar-refractivity contribution >= 4 is 17.2 Å². The van der Waals surface area contributed by atoms with Crippen molar-refractivity contribution < 1.29 is 28.5 Å². The highest BCUT2D eigenvalue weighted by atomic mass is 32.1. The molecule has 25 heavy (non-hydrogen) atoms. The largest absolute Gasteiger partial charge is 0.349 e. The van der Waals surface area contributed by atoms with Crippen molar-refractivity contribution in [2.24, 2.45) is 0 Å². The van der Waals surface area contributed by atoms with E-state index in [0.717, 1.165) is 4.88 Å². The summed E-state index contributed by atoms with van der Waals surface area (Å²) < 4.78 is 29.6. The predicted octanol–water partition coefficient (Wildman–Crippen LogP) is 1.76. The lowest BCUT2D eigenvalue weighted by Gasteiger charge is -2.36. The zero-order chi connectivity index (χ0) is 17.8. The first-order valence-corrected chi connectivity index (χ1v) is 9.29. The normalized spacial score (nSPS) is 38.2. The van der Waals surface area contributed by atoms with Gasteiger partial charge < -0.3 is 29.0 Å². The number of carbonyl (C=O) groups is 1. The second kappa shape index (κ2) is 6.00. The van der Waals surface area contributed by atoms with Crippen LogP contribution in [0.2, 0.25) is 0 Å². The Balaban J connectivity index is 1.52. The molecule has 1 amide bonds. The van der Waals surface area contributed by atoms with Gasteiger partial charge >= 0.3 is 0 Å². The summed E-state index contributed by atoms with van der Waals surface area (Å²) in [5.74, 6) is -1.84. The van der Waals surface area contributed by atoms with E-state index >= 15 is 0 Å². The molecule has 4 heterocycles. The van der Waals surface area contributed by atoms with Gasteiger partial charge in [0.15, 0.2) is 24.0 Å². The van der Waals surface area contributed by atoms with Gasteiger partial charge in [-0.1, -0.05) is 6.07 Å². The van der Waals surface area contributed by atoms with E-state index in [4.69, 9.17) is 23.7 Å². The molecule has 1 N–H and O–H groups in total.